The first-order chi connectivity index (χ1) is 4.22. The van der Waals surface area contributed by atoms with Crippen LogP contribution in [0.3, 0.4) is 0 Å². The van der Waals surface area contributed by atoms with Crippen LogP contribution >= 0.6 is 0 Å². The third kappa shape index (κ3) is 0.887. The van der Waals surface area contributed by atoms with Crippen LogP contribution in [-0.2, 0) is 4.79 Å². The number of hydrogen-bond acceptors (Lipinski definition) is 3. The molecule has 9 heavy (non-hydrogen) atoms. The topological polar surface area (TPSA) is 66.9 Å². The maximum atomic E-state index is 10.6. The van der Waals surface area contributed by atoms with E-state index < -0.39 is 0 Å². The highest BCUT2D eigenvalue weighted by molar-refractivity contribution is 6.49. The molecule has 3 nitrogen and oxygen atoms in total. The van der Waals surface area contributed by atoms with E-state index in [-0.39, 0.29) is 17.2 Å². The molecule has 1 rings (SSSR count). The maximum absolute atomic E-state index is 10.6. The first kappa shape index (κ1) is 5.75. The third-order valence-corrected chi connectivity index (χ3v) is 1.06. The van der Waals surface area contributed by atoms with E-state index in [1.165, 1.54) is 18.2 Å². The molecular weight excluding hydrogens is 116 g/mol. The van der Waals surface area contributed by atoms with E-state index in [4.69, 9.17) is 11.1 Å². The first-order valence-electron chi connectivity index (χ1n) is 2.49. The number of allylic oxidation sites excluding steroid dienone is 4. The second-order valence-electron chi connectivity index (χ2n) is 1.72. The normalized spacial score (nSPS) is 18.0. The Morgan fingerprint density at radius 2 is 2.22 bits per heavy atom. The molecule has 3 N–H and O–H groups in total. The van der Waals surface area contributed by atoms with Crippen LogP contribution in [0.4, 0.5) is 0 Å². The van der Waals surface area contributed by atoms with Gasteiger partial charge in [0.1, 0.15) is 5.71 Å². The van der Waals surface area contributed by atoms with E-state index in [1.807, 2.05) is 0 Å². The van der Waals surface area contributed by atoms with Gasteiger partial charge in [-0.05, 0) is 12.2 Å². The number of nitrogens with one attached hydrogen (secondary N) is 1. The molecule has 0 heterocycles. The Hall–Kier alpha value is -1.38. The van der Waals surface area contributed by atoms with Crippen LogP contribution in [0.15, 0.2) is 23.9 Å². The van der Waals surface area contributed by atoms with Crippen LogP contribution in [0.1, 0.15) is 0 Å². The fourth-order valence-corrected chi connectivity index (χ4v) is 0.548. The maximum Gasteiger partial charge on any atom is 0.205 e. The largest absolute Gasteiger partial charge is 0.397 e. The molecule has 1 aliphatic carbocycles. The molecule has 1 aliphatic rings. The highest BCUT2D eigenvalue weighted by Crippen LogP contribution is 1.97. The van der Waals surface area contributed by atoms with Crippen LogP contribution in [-0.4, -0.2) is 11.5 Å². The summed E-state index contributed by atoms with van der Waals surface area (Å²) in [7, 11) is 0. The van der Waals surface area contributed by atoms with E-state index >= 15 is 0 Å². The van der Waals surface area contributed by atoms with Gasteiger partial charge in [0.25, 0.3) is 0 Å². The lowest BCUT2D eigenvalue weighted by Crippen LogP contribution is -2.20. The van der Waals surface area contributed by atoms with Crippen LogP contribution < -0.4 is 5.73 Å². The number of nitrogens with two attached hydrogens (primary N) is 1. The molecule has 46 valence electrons. The van der Waals surface area contributed by atoms with E-state index in [0.29, 0.717) is 0 Å². The second-order valence-corrected chi connectivity index (χ2v) is 1.72. The molecule has 0 amide bonds. The molecular formula is C6H6N2O. The van der Waals surface area contributed by atoms with Gasteiger partial charge in [-0.25, -0.2) is 0 Å². The minimum absolute atomic E-state index is 0.113. The Balaban J connectivity index is 3.00. The van der Waals surface area contributed by atoms with Crippen LogP contribution in [0.25, 0.3) is 0 Å². The molecule has 0 aromatic heterocycles. The summed E-state index contributed by atoms with van der Waals surface area (Å²) in [5.41, 5.74) is 5.36. The van der Waals surface area contributed by atoms with Gasteiger partial charge in [0, 0.05) is 0 Å². The lowest BCUT2D eigenvalue weighted by molar-refractivity contribution is -0.108. The Labute approximate surface area is 52.4 Å². The number of carbonyl (C=O) groups is 1. The van der Waals surface area contributed by atoms with Crippen molar-refractivity contribution in [3.63, 3.8) is 0 Å². The highest BCUT2D eigenvalue weighted by Gasteiger charge is 2.10. The number of hydrogen-bond donors (Lipinski definition) is 2. The molecule has 0 bridgehead atoms. The monoisotopic (exact) mass is 122 g/mol. The Morgan fingerprint density at radius 1 is 1.56 bits per heavy atom. The molecule has 0 spiro atoms. The predicted molar refractivity (Wildman–Crippen MR) is 34.1 cm³/mol. The van der Waals surface area contributed by atoms with Gasteiger partial charge in [-0.1, -0.05) is 6.08 Å². The fraction of sp³-hybridized carbons (Fsp3) is 0. The average molecular weight is 122 g/mol. The molecule has 0 saturated carbocycles. The summed E-state index contributed by atoms with van der Waals surface area (Å²) in [6.07, 6.45) is 4.39. The Morgan fingerprint density at radius 3 is 2.67 bits per heavy atom. The van der Waals surface area contributed by atoms with E-state index in [9.17, 15) is 4.79 Å². The van der Waals surface area contributed by atoms with Gasteiger partial charge in [0.15, 0.2) is 0 Å². The van der Waals surface area contributed by atoms with Gasteiger partial charge in [-0.3, -0.25) is 10.2 Å². The van der Waals surface area contributed by atoms with Gasteiger partial charge in [-0.2, -0.15) is 0 Å². The SMILES string of the molecule is N=C1C(=O)C=CC=C1N. The van der Waals surface area contributed by atoms with E-state index in [0.717, 1.165) is 0 Å². The molecule has 0 unspecified atom stereocenters. The average Bonchev–Trinajstić information content (AvgIpc) is 1.83. The van der Waals surface area contributed by atoms with Crippen molar-refractivity contribution in [1.29, 1.82) is 5.41 Å². The minimum atomic E-state index is -0.324. The van der Waals surface area contributed by atoms with Crippen LogP contribution in [0, 0.1) is 5.41 Å². The van der Waals surface area contributed by atoms with Crippen molar-refractivity contribution >= 4 is 11.5 Å². The second kappa shape index (κ2) is 1.85. The quantitative estimate of drug-likeness (QED) is 0.443. The number of ketones is 1. The summed E-state index contributed by atoms with van der Waals surface area (Å²) in [6.45, 7) is 0. The van der Waals surface area contributed by atoms with Gasteiger partial charge in [0.05, 0.1) is 5.70 Å². The third-order valence-electron chi connectivity index (χ3n) is 1.06. The van der Waals surface area contributed by atoms with Crippen LogP contribution in [0.5, 0.6) is 0 Å². The zero-order valence-corrected chi connectivity index (χ0v) is 4.72. The summed E-state index contributed by atoms with van der Waals surface area (Å²) in [6, 6.07) is 0. The summed E-state index contributed by atoms with van der Waals surface area (Å²) in [5.74, 6) is -0.324. The molecule has 0 aromatic rings. The van der Waals surface area contributed by atoms with Crippen molar-refractivity contribution in [2.24, 2.45) is 5.73 Å². The van der Waals surface area contributed by atoms with Crippen molar-refractivity contribution in [2.75, 3.05) is 0 Å². The number of carbonyl (C=O) groups excluding carboxylic acids is 1. The molecule has 0 aromatic carbocycles. The Kier molecular flexibility index (Phi) is 1.18. The minimum Gasteiger partial charge on any atom is -0.397 e. The van der Waals surface area contributed by atoms with Crippen molar-refractivity contribution in [3.05, 3.63) is 23.9 Å². The molecule has 0 atom stereocenters. The summed E-state index contributed by atoms with van der Waals surface area (Å²) in [5, 5.41) is 7.01. The lowest BCUT2D eigenvalue weighted by atomic mass is 10.1. The molecule has 0 fully saturated rings. The van der Waals surface area contributed by atoms with Crippen LogP contribution in [0.2, 0.25) is 0 Å². The Bertz CT molecular complexity index is 225. The summed E-state index contributed by atoms with van der Waals surface area (Å²) in [4.78, 5) is 10.6. The number of rotatable bonds is 0. The van der Waals surface area contributed by atoms with E-state index in [2.05, 4.69) is 0 Å². The smallest absolute Gasteiger partial charge is 0.205 e. The highest BCUT2D eigenvalue weighted by atomic mass is 16.1. The zero-order valence-electron chi connectivity index (χ0n) is 4.72. The first-order valence-corrected chi connectivity index (χ1v) is 2.49. The van der Waals surface area contributed by atoms with Crippen molar-refractivity contribution in [3.8, 4) is 0 Å². The zero-order chi connectivity index (χ0) is 6.85. The van der Waals surface area contributed by atoms with Gasteiger partial charge in [-0.15, -0.1) is 0 Å². The van der Waals surface area contributed by atoms with Crippen molar-refractivity contribution < 1.29 is 4.79 Å². The molecule has 3 heteroatoms. The molecule has 0 saturated heterocycles. The molecule has 0 radical (unpaired) electrons. The lowest BCUT2D eigenvalue weighted by Gasteiger charge is -2.01. The summed E-state index contributed by atoms with van der Waals surface area (Å²) >= 11 is 0. The van der Waals surface area contributed by atoms with Crippen molar-refractivity contribution in [2.45, 2.75) is 0 Å². The van der Waals surface area contributed by atoms with E-state index in [1.54, 1.807) is 0 Å². The summed E-state index contributed by atoms with van der Waals surface area (Å²) < 4.78 is 0. The standard InChI is InChI=1S/C6H6N2O/c7-4-2-1-3-5(9)6(4)8/h1-3,8H,7H2. The van der Waals surface area contributed by atoms with Gasteiger partial charge in [0.2, 0.25) is 5.78 Å². The fourth-order valence-electron chi connectivity index (χ4n) is 0.548. The van der Waals surface area contributed by atoms with Gasteiger partial charge >= 0.3 is 0 Å². The molecule has 0 aliphatic heterocycles. The van der Waals surface area contributed by atoms with Gasteiger partial charge < -0.3 is 5.73 Å². The predicted octanol–water partition coefficient (Wildman–Crippen LogP) is -0.0123. The van der Waals surface area contributed by atoms with Crippen molar-refractivity contribution in [1.82, 2.24) is 0 Å².